The molecule has 0 spiro atoms. The molecule has 2 aromatic heterocycles. The normalized spacial score (nSPS) is 10.0. The van der Waals surface area contributed by atoms with E-state index in [9.17, 15) is 0 Å². The summed E-state index contributed by atoms with van der Waals surface area (Å²) in [5.74, 6) is 0. The first-order valence-corrected chi connectivity index (χ1v) is 4.35. The third kappa shape index (κ3) is 1.62. The van der Waals surface area contributed by atoms with Gasteiger partial charge in [0.15, 0.2) is 0 Å². The molecule has 2 heterocycles. The van der Waals surface area contributed by atoms with Crippen molar-refractivity contribution < 1.29 is 4.42 Å². The van der Waals surface area contributed by atoms with Crippen molar-refractivity contribution in [3.8, 4) is 0 Å². The van der Waals surface area contributed by atoms with Crippen LogP contribution in [-0.4, -0.2) is 10.2 Å². The van der Waals surface area contributed by atoms with Gasteiger partial charge in [0.1, 0.15) is 0 Å². The van der Waals surface area contributed by atoms with Gasteiger partial charge < -0.3 is 9.73 Å². The number of aromatic nitrogens is 2. The van der Waals surface area contributed by atoms with Gasteiger partial charge in [-0.15, -0.1) is 16.4 Å². The van der Waals surface area contributed by atoms with Gasteiger partial charge in [-0.05, 0) is 11.4 Å². The molecule has 0 aliphatic rings. The van der Waals surface area contributed by atoms with E-state index >= 15 is 0 Å². The van der Waals surface area contributed by atoms with Gasteiger partial charge in [0.2, 0.25) is 6.39 Å². The maximum atomic E-state index is 4.90. The van der Waals surface area contributed by atoms with E-state index in [1.54, 1.807) is 11.3 Å². The number of hydrogen-bond acceptors (Lipinski definition) is 5. The van der Waals surface area contributed by atoms with E-state index in [0.717, 1.165) is 6.54 Å². The van der Waals surface area contributed by atoms with Crippen LogP contribution in [-0.2, 0) is 6.54 Å². The quantitative estimate of drug-likeness (QED) is 0.783. The summed E-state index contributed by atoms with van der Waals surface area (Å²) in [6.07, 6.45) is 1.30. The molecule has 0 saturated heterocycles. The molecular formula is C7H7N3OS. The monoisotopic (exact) mass is 181 g/mol. The fourth-order valence-corrected chi connectivity index (χ4v) is 1.47. The van der Waals surface area contributed by atoms with Crippen molar-refractivity contribution in [3.05, 3.63) is 28.8 Å². The highest BCUT2D eigenvalue weighted by Crippen LogP contribution is 2.10. The van der Waals surface area contributed by atoms with Crippen LogP contribution >= 0.6 is 11.3 Å². The van der Waals surface area contributed by atoms with Crippen LogP contribution in [0.1, 0.15) is 4.88 Å². The van der Waals surface area contributed by atoms with Crippen molar-refractivity contribution in [1.82, 2.24) is 10.2 Å². The lowest BCUT2D eigenvalue weighted by atomic mass is 10.5. The van der Waals surface area contributed by atoms with E-state index in [1.807, 2.05) is 17.5 Å². The Morgan fingerprint density at radius 2 is 2.58 bits per heavy atom. The average molecular weight is 181 g/mol. The van der Waals surface area contributed by atoms with Crippen molar-refractivity contribution in [3.63, 3.8) is 0 Å². The Balaban J connectivity index is 1.91. The summed E-state index contributed by atoms with van der Waals surface area (Å²) in [7, 11) is 0. The van der Waals surface area contributed by atoms with Crippen molar-refractivity contribution in [2.24, 2.45) is 0 Å². The molecule has 0 saturated carbocycles. The van der Waals surface area contributed by atoms with E-state index in [0.29, 0.717) is 6.01 Å². The Morgan fingerprint density at radius 1 is 1.58 bits per heavy atom. The van der Waals surface area contributed by atoms with Crippen LogP contribution in [0.25, 0.3) is 0 Å². The minimum Gasteiger partial charge on any atom is -0.411 e. The topological polar surface area (TPSA) is 51.0 Å². The molecule has 0 aliphatic carbocycles. The van der Waals surface area contributed by atoms with Crippen molar-refractivity contribution in [2.75, 3.05) is 5.32 Å². The molecule has 0 bridgehead atoms. The smallest absolute Gasteiger partial charge is 0.315 e. The zero-order valence-electron chi connectivity index (χ0n) is 6.23. The third-order valence-electron chi connectivity index (χ3n) is 1.35. The van der Waals surface area contributed by atoms with E-state index in [1.165, 1.54) is 11.3 Å². The maximum Gasteiger partial charge on any atom is 0.315 e. The lowest BCUT2D eigenvalue weighted by Gasteiger charge is -1.95. The predicted octanol–water partition coefficient (Wildman–Crippen LogP) is 1.74. The number of hydrogen-bond donors (Lipinski definition) is 1. The summed E-state index contributed by atoms with van der Waals surface area (Å²) in [6, 6.07) is 4.52. The third-order valence-corrected chi connectivity index (χ3v) is 2.23. The standard InChI is InChI=1S/C7H7N3OS/c1-2-6(12-3-1)4-8-7-10-9-5-11-7/h1-3,5H,4H2,(H,8,10). The Kier molecular flexibility index (Phi) is 2.04. The summed E-state index contributed by atoms with van der Waals surface area (Å²) < 4.78 is 4.90. The predicted molar refractivity (Wildman–Crippen MR) is 45.9 cm³/mol. The Bertz CT molecular complexity index is 282. The Morgan fingerprint density at radius 3 is 3.25 bits per heavy atom. The first-order valence-electron chi connectivity index (χ1n) is 3.47. The molecule has 0 atom stereocenters. The molecule has 1 N–H and O–H groups in total. The minimum atomic E-state index is 0.461. The number of thiophene rings is 1. The minimum absolute atomic E-state index is 0.461. The zero-order valence-corrected chi connectivity index (χ0v) is 7.04. The second kappa shape index (κ2) is 3.36. The van der Waals surface area contributed by atoms with Crippen molar-refractivity contribution in [1.29, 1.82) is 0 Å². The summed E-state index contributed by atoms with van der Waals surface area (Å²) in [4.78, 5) is 1.24. The van der Waals surface area contributed by atoms with Gasteiger partial charge in [-0.25, -0.2) is 0 Å². The second-order valence-corrected chi connectivity index (χ2v) is 3.21. The summed E-state index contributed by atoms with van der Waals surface area (Å²) >= 11 is 1.69. The van der Waals surface area contributed by atoms with Crippen LogP contribution in [0.5, 0.6) is 0 Å². The molecule has 62 valence electrons. The molecule has 4 nitrogen and oxygen atoms in total. The van der Waals surface area contributed by atoms with Crippen LogP contribution in [0.15, 0.2) is 28.3 Å². The molecule has 0 unspecified atom stereocenters. The lowest BCUT2D eigenvalue weighted by Crippen LogP contribution is -1.96. The number of nitrogens with zero attached hydrogens (tertiary/aromatic N) is 2. The van der Waals surface area contributed by atoms with Gasteiger partial charge in [-0.1, -0.05) is 11.2 Å². The molecule has 2 rings (SSSR count). The Labute approximate surface area is 73.2 Å². The van der Waals surface area contributed by atoms with Gasteiger partial charge in [0.05, 0.1) is 6.54 Å². The molecular weight excluding hydrogens is 174 g/mol. The fraction of sp³-hybridized carbons (Fsp3) is 0.143. The lowest BCUT2D eigenvalue weighted by molar-refractivity contribution is 0.565. The summed E-state index contributed by atoms with van der Waals surface area (Å²) in [5.41, 5.74) is 0. The molecule has 2 aromatic rings. The first kappa shape index (κ1) is 7.30. The first-order chi connectivity index (χ1) is 5.95. The van der Waals surface area contributed by atoms with Crippen molar-refractivity contribution in [2.45, 2.75) is 6.54 Å². The van der Waals surface area contributed by atoms with Gasteiger partial charge >= 0.3 is 6.01 Å². The van der Waals surface area contributed by atoms with E-state index in [4.69, 9.17) is 4.42 Å². The molecule has 0 fully saturated rings. The van der Waals surface area contributed by atoms with Crippen LogP contribution in [0, 0.1) is 0 Å². The summed E-state index contributed by atoms with van der Waals surface area (Å²) in [5, 5.41) is 12.3. The average Bonchev–Trinajstić information content (AvgIpc) is 2.74. The van der Waals surface area contributed by atoms with Gasteiger partial charge in [-0.2, -0.15) is 0 Å². The highest BCUT2D eigenvalue weighted by Gasteiger charge is 1.97. The highest BCUT2D eigenvalue weighted by atomic mass is 32.1. The van der Waals surface area contributed by atoms with E-state index < -0.39 is 0 Å². The van der Waals surface area contributed by atoms with Gasteiger partial charge in [-0.3, -0.25) is 0 Å². The summed E-state index contributed by atoms with van der Waals surface area (Å²) in [6.45, 7) is 0.736. The van der Waals surface area contributed by atoms with Gasteiger partial charge in [0, 0.05) is 4.88 Å². The molecule has 0 radical (unpaired) electrons. The van der Waals surface area contributed by atoms with Crippen LogP contribution in [0.2, 0.25) is 0 Å². The molecule has 5 heteroatoms. The van der Waals surface area contributed by atoms with E-state index in [2.05, 4.69) is 15.5 Å². The number of rotatable bonds is 3. The maximum absolute atomic E-state index is 4.90. The zero-order chi connectivity index (χ0) is 8.23. The van der Waals surface area contributed by atoms with Crippen LogP contribution in [0.3, 0.4) is 0 Å². The van der Waals surface area contributed by atoms with Gasteiger partial charge in [0.25, 0.3) is 0 Å². The Hall–Kier alpha value is -1.36. The largest absolute Gasteiger partial charge is 0.411 e. The number of nitrogens with one attached hydrogen (secondary N) is 1. The highest BCUT2D eigenvalue weighted by molar-refractivity contribution is 7.09. The van der Waals surface area contributed by atoms with E-state index in [-0.39, 0.29) is 0 Å². The molecule has 0 aliphatic heterocycles. The second-order valence-electron chi connectivity index (χ2n) is 2.18. The van der Waals surface area contributed by atoms with Crippen LogP contribution in [0.4, 0.5) is 6.01 Å². The molecule has 0 aromatic carbocycles. The molecule has 12 heavy (non-hydrogen) atoms. The van der Waals surface area contributed by atoms with Crippen LogP contribution < -0.4 is 5.32 Å². The SMILES string of the molecule is c1csc(CNc2nnco2)c1. The fourth-order valence-electron chi connectivity index (χ4n) is 0.826. The number of anilines is 1. The molecule has 0 amide bonds. The van der Waals surface area contributed by atoms with Crippen molar-refractivity contribution >= 4 is 17.4 Å².